The van der Waals surface area contributed by atoms with Crippen LogP contribution < -0.4 is 14.2 Å². The van der Waals surface area contributed by atoms with Crippen molar-refractivity contribution in [3.05, 3.63) is 59.8 Å². The standard InChI is InChI=1S/C24H31N3O4S/c1-17-9-6-7-14-27(17)32(28,29)26-16-21(19-11-8-13-23(30-2)24(19)31-3)20-15-25-22-12-5-4-10-18(20)22/h4-5,8,10-13,15,17,21,25-26H,6-7,9,14,16H2,1-3H3/t17-,21-/m0/s1. The lowest BCUT2D eigenvalue weighted by molar-refractivity contribution is 0.265. The largest absolute Gasteiger partial charge is 0.493 e. The molecule has 0 radical (unpaired) electrons. The average molecular weight is 458 g/mol. The molecule has 0 saturated carbocycles. The molecule has 2 N–H and O–H groups in total. The van der Waals surface area contributed by atoms with E-state index in [2.05, 4.69) is 9.71 Å². The smallest absolute Gasteiger partial charge is 0.279 e. The Kier molecular flexibility index (Phi) is 6.74. The highest BCUT2D eigenvalue weighted by atomic mass is 32.2. The van der Waals surface area contributed by atoms with Gasteiger partial charge in [0.1, 0.15) is 0 Å². The van der Waals surface area contributed by atoms with Crippen molar-refractivity contribution in [1.82, 2.24) is 14.0 Å². The number of methoxy groups -OCH3 is 2. The van der Waals surface area contributed by atoms with Crippen LogP contribution in [-0.4, -0.2) is 51.1 Å². The maximum atomic E-state index is 13.2. The van der Waals surface area contributed by atoms with E-state index < -0.39 is 10.2 Å². The number of H-pyrrole nitrogens is 1. The van der Waals surface area contributed by atoms with Gasteiger partial charge in [-0.05, 0) is 37.5 Å². The van der Waals surface area contributed by atoms with Crippen LogP contribution in [0, 0.1) is 0 Å². The van der Waals surface area contributed by atoms with Gasteiger partial charge in [0.05, 0.1) is 14.2 Å². The van der Waals surface area contributed by atoms with Gasteiger partial charge in [-0.1, -0.05) is 36.8 Å². The molecule has 1 aliphatic heterocycles. The number of nitrogens with zero attached hydrogens (tertiary/aromatic N) is 1. The SMILES string of the molecule is COc1cccc([C@H](CNS(=O)(=O)N2CCCC[C@@H]2C)c2c[nH]c3ccccc23)c1OC. The van der Waals surface area contributed by atoms with Crippen LogP contribution in [0.4, 0.5) is 0 Å². The minimum absolute atomic E-state index is 0.000792. The summed E-state index contributed by atoms with van der Waals surface area (Å²) in [5.41, 5.74) is 2.87. The van der Waals surface area contributed by atoms with E-state index in [0.29, 0.717) is 18.0 Å². The van der Waals surface area contributed by atoms with Gasteiger partial charge < -0.3 is 14.5 Å². The van der Waals surface area contributed by atoms with Crippen molar-refractivity contribution in [2.45, 2.75) is 38.1 Å². The van der Waals surface area contributed by atoms with Gasteiger partial charge in [0.25, 0.3) is 10.2 Å². The zero-order valence-electron chi connectivity index (χ0n) is 18.8. The van der Waals surface area contributed by atoms with Crippen molar-refractivity contribution in [3.63, 3.8) is 0 Å². The molecule has 4 rings (SSSR count). The number of hydrogen-bond donors (Lipinski definition) is 2. The van der Waals surface area contributed by atoms with Crippen LogP contribution in [0.3, 0.4) is 0 Å². The van der Waals surface area contributed by atoms with Crippen molar-refractivity contribution in [2.75, 3.05) is 27.3 Å². The monoisotopic (exact) mass is 457 g/mol. The van der Waals surface area contributed by atoms with Gasteiger partial charge in [-0.25, -0.2) is 4.72 Å². The van der Waals surface area contributed by atoms with Crippen LogP contribution >= 0.6 is 0 Å². The first-order valence-electron chi connectivity index (χ1n) is 11.0. The van der Waals surface area contributed by atoms with E-state index in [4.69, 9.17) is 9.47 Å². The first kappa shape index (κ1) is 22.6. The Bertz CT molecular complexity index is 1170. The van der Waals surface area contributed by atoms with Crippen LogP contribution in [-0.2, 0) is 10.2 Å². The molecule has 2 heterocycles. The van der Waals surface area contributed by atoms with Crippen molar-refractivity contribution in [2.24, 2.45) is 0 Å². The van der Waals surface area contributed by atoms with Crippen molar-refractivity contribution < 1.29 is 17.9 Å². The number of nitrogens with one attached hydrogen (secondary N) is 2. The lowest BCUT2D eigenvalue weighted by Crippen LogP contribution is -2.48. The number of benzene rings is 2. The number of aromatic nitrogens is 1. The van der Waals surface area contributed by atoms with Gasteiger partial charge >= 0.3 is 0 Å². The maximum Gasteiger partial charge on any atom is 0.279 e. The summed E-state index contributed by atoms with van der Waals surface area (Å²) in [4.78, 5) is 3.31. The second kappa shape index (κ2) is 9.52. The number of fused-ring (bicyclic) bond motifs is 1. The number of ether oxygens (including phenoxy) is 2. The molecular weight excluding hydrogens is 426 g/mol. The molecule has 1 fully saturated rings. The second-order valence-electron chi connectivity index (χ2n) is 8.23. The van der Waals surface area contributed by atoms with E-state index in [1.54, 1.807) is 18.5 Å². The van der Waals surface area contributed by atoms with E-state index in [9.17, 15) is 8.42 Å². The molecule has 2 aromatic carbocycles. The highest BCUT2D eigenvalue weighted by Crippen LogP contribution is 2.40. The zero-order chi connectivity index (χ0) is 22.7. The predicted octanol–water partition coefficient (Wildman–Crippen LogP) is 4.03. The second-order valence-corrected chi connectivity index (χ2v) is 9.94. The number of para-hydroxylation sites is 2. The fraction of sp³-hybridized carbons (Fsp3) is 0.417. The van der Waals surface area contributed by atoms with Crippen molar-refractivity contribution in [1.29, 1.82) is 0 Å². The number of piperidine rings is 1. The normalized spacial score (nSPS) is 18.5. The molecule has 1 aliphatic rings. The topological polar surface area (TPSA) is 83.7 Å². The molecular formula is C24H31N3O4S. The van der Waals surface area contributed by atoms with E-state index in [1.165, 1.54) is 0 Å². The van der Waals surface area contributed by atoms with Crippen LogP contribution in [0.25, 0.3) is 10.9 Å². The third-order valence-corrected chi connectivity index (χ3v) is 8.02. The number of rotatable bonds is 8. The third kappa shape index (κ3) is 4.35. The molecule has 0 spiro atoms. The Hall–Kier alpha value is -2.55. The van der Waals surface area contributed by atoms with Gasteiger partial charge in [-0.15, -0.1) is 0 Å². The van der Waals surface area contributed by atoms with Gasteiger partial charge in [0.15, 0.2) is 11.5 Å². The summed E-state index contributed by atoms with van der Waals surface area (Å²) in [5.74, 6) is 0.948. The highest BCUT2D eigenvalue weighted by Gasteiger charge is 2.31. The molecule has 172 valence electrons. The van der Waals surface area contributed by atoms with Crippen molar-refractivity contribution in [3.8, 4) is 11.5 Å². The van der Waals surface area contributed by atoms with Gasteiger partial charge in [0, 0.05) is 47.7 Å². The molecule has 7 nitrogen and oxygen atoms in total. The predicted molar refractivity (Wildman–Crippen MR) is 127 cm³/mol. The van der Waals surface area contributed by atoms with Crippen LogP contribution in [0.5, 0.6) is 11.5 Å². The van der Waals surface area contributed by atoms with E-state index >= 15 is 0 Å². The summed E-state index contributed by atoms with van der Waals surface area (Å²) in [6.45, 7) is 2.73. The van der Waals surface area contributed by atoms with Gasteiger partial charge in [-0.3, -0.25) is 0 Å². The Morgan fingerprint density at radius 2 is 1.91 bits per heavy atom. The summed E-state index contributed by atoms with van der Waals surface area (Å²) in [6, 6.07) is 13.7. The Morgan fingerprint density at radius 3 is 2.66 bits per heavy atom. The summed E-state index contributed by atoms with van der Waals surface area (Å²) in [6.07, 6.45) is 4.79. The molecule has 0 aliphatic carbocycles. The highest BCUT2D eigenvalue weighted by molar-refractivity contribution is 7.87. The maximum absolute atomic E-state index is 13.2. The minimum Gasteiger partial charge on any atom is -0.493 e. The molecule has 3 aromatic rings. The Balaban J connectivity index is 1.74. The molecule has 0 unspecified atom stereocenters. The third-order valence-electron chi connectivity index (χ3n) is 6.33. The number of aromatic amines is 1. The van der Waals surface area contributed by atoms with Crippen molar-refractivity contribution >= 4 is 21.1 Å². The molecule has 0 bridgehead atoms. The van der Waals surface area contributed by atoms with E-state index in [0.717, 1.165) is 41.3 Å². The zero-order valence-corrected chi connectivity index (χ0v) is 19.6. The van der Waals surface area contributed by atoms with Crippen LogP contribution in [0.2, 0.25) is 0 Å². The molecule has 2 atom stereocenters. The lowest BCUT2D eigenvalue weighted by atomic mass is 9.90. The Labute approximate surface area is 189 Å². The molecule has 1 aromatic heterocycles. The molecule has 0 amide bonds. The van der Waals surface area contributed by atoms with E-state index in [1.807, 2.05) is 55.6 Å². The average Bonchev–Trinajstić information content (AvgIpc) is 3.23. The Morgan fingerprint density at radius 1 is 1.09 bits per heavy atom. The van der Waals surface area contributed by atoms with Crippen LogP contribution in [0.1, 0.15) is 43.2 Å². The summed E-state index contributed by atoms with van der Waals surface area (Å²) < 4.78 is 42.1. The first-order chi connectivity index (χ1) is 15.5. The molecule has 1 saturated heterocycles. The summed E-state index contributed by atoms with van der Waals surface area (Å²) in [5, 5.41) is 1.05. The van der Waals surface area contributed by atoms with Gasteiger partial charge in [0.2, 0.25) is 0 Å². The fourth-order valence-corrected chi connectivity index (χ4v) is 6.15. The van der Waals surface area contributed by atoms with Crippen LogP contribution in [0.15, 0.2) is 48.7 Å². The summed E-state index contributed by atoms with van der Waals surface area (Å²) >= 11 is 0. The lowest BCUT2D eigenvalue weighted by Gasteiger charge is -2.33. The van der Waals surface area contributed by atoms with Gasteiger partial charge in [-0.2, -0.15) is 12.7 Å². The summed E-state index contributed by atoms with van der Waals surface area (Å²) in [7, 11) is -0.410. The van der Waals surface area contributed by atoms with E-state index in [-0.39, 0.29) is 18.5 Å². The minimum atomic E-state index is -3.61. The molecule has 8 heteroatoms. The quantitative estimate of drug-likeness (QED) is 0.535. The first-order valence-corrected chi connectivity index (χ1v) is 12.4. The number of hydrogen-bond acceptors (Lipinski definition) is 4. The molecule has 32 heavy (non-hydrogen) atoms. The fourth-order valence-electron chi connectivity index (χ4n) is 4.66.